The Balaban J connectivity index is 1.80. The third-order valence-corrected chi connectivity index (χ3v) is 4.45. The number of nitrogens with one attached hydrogen (secondary N) is 1. The lowest BCUT2D eigenvalue weighted by Crippen LogP contribution is -2.40. The lowest BCUT2D eigenvalue weighted by Gasteiger charge is -2.20. The average molecular weight is 386 g/mol. The van der Waals surface area contributed by atoms with E-state index in [1.54, 1.807) is 18.1 Å². The molecule has 144 valence electrons. The summed E-state index contributed by atoms with van der Waals surface area (Å²) in [5, 5.41) is 1.61. The highest BCUT2D eigenvalue weighted by molar-refractivity contribution is 5.99. The van der Waals surface area contributed by atoms with Gasteiger partial charge in [-0.05, 0) is 18.2 Å². The smallest absolute Gasteiger partial charge is 0.286 e. The number of aromatic nitrogens is 3. The fourth-order valence-electron chi connectivity index (χ4n) is 3.00. The molecule has 0 aliphatic rings. The summed E-state index contributed by atoms with van der Waals surface area (Å²) in [7, 11) is 1.74. The number of anilines is 1. The Labute approximate surface area is 166 Å². The van der Waals surface area contributed by atoms with Crippen molar-refractivity contribution in [2.24, 2.45) is 5.73 Å². The van der Waals surface area contributed by atoms with Crippen molar-refractivity contribution in [3.8, 4) is 11.3 Å². The molecule has 4 aromatic rings. The molecule has 0 bridgehead atoms. The van der Waals surface area contributed by atoms with Gasteiger partial charge in [-0.1, -0.05) is 48.5 Å². The predicted molar refractivity (Wildman–Crippen MR) is 109 cm³/mol. The number of nitrogens with two attached hydrogens (primary N) is 1. The van der Waals surface area contributed by atoms with Crippen molar-refractivity contribution in [3.05, 3.63) is 84.4 Å². The highest BCUT2D eigenvalue weighted by atomic mass is 16.2. The summed E-state index contributed by atoms with van der Waals surface area (Å²) < 4.78 is 1.46. The van der Waals surface area contributed by atoms with Gasteiger partial charge < -0.3 is 5.73 Å². The van der Waals surface area contributed by atoms with E-state index in [2.05, 4.69) is 15.4 Å². The molecule has 0 atom stereocenters. The Morgan fingerprint density at radius 3 is 2.34 bits per heavy atom. The van der Waals surface area contributed by atoms with Crippen LogP contribution in [0.2, 0.25) is 0 Å². The second kappa shape index (κ2) is 7.43. The third-order valence-electron chi connectivity index (χ3n) is 4.45. The van der Waals surface area contributed by atoms with Gasteiger partial charge in [0.05, 0.1) is 11.4 Å². The zero-order valence-corrected chi connectivity index (χ0v) is 15.6. The molecule has 2 amide bonds. The van der Waals surface area contributed by atoms with Crippen molar-refractivity contribution in [3.63, 3.8) is 0 Å². The molecule has 2 aromatic carbocycles. The number of benzene rings is 2. The van der Waals surface area contributed by atoms with Gasteiger partial charge in [-0.3, -0.25) is 24.4 Å². The Kier molecular flexibility index (Phi) is 4.66. The number of carbonyl (C=O) groups is 2. The van der Waals surface area contributed by atoms with Gasteiger partial charge in [0.2, 0.25) is 0 Å². The molecule has 0 saturated heterocycles. The number of fused-ring (bicyclic) bond motifs is 1. The van der Waals surface area contributed by atoms with E-state index in [0.29, 0.717) is 5.69 Å². The molecule has 4 rings (SSSR count). The van der Waals surface area contributed by atoms with Crippen molar-refractivity contribution in [1.29, 1.82) is 0 Å². The van der Waals surface area contributed by atoms with Gasteiger partial charge in [-0.15, -0.1) is 0 Å². The molecule has 0 aliphatic carbocycles. The SMILES string of the molecule is CN(NC(=O)c1cc(-c2ccccc2)nc2c(C(N)=O)ncn12)c1ccccc1. The Morgan fingerprint density at radius 2 is 1.69 bits per heavy atom. The second-order valence-corrected chi connectivity index (χ2v) is 6.38. The van der Waals surface area contributed by atoms with Gasteiger partial charge in [0.1, 0.15) is 12.0 Å². The van der Waals surface area contributed by atoms with Gasteiger partial charge in [-0.25, -0.2) is 9.97 Å². The number of hydrazine groups is 1. The third kappa shape index (κ3) is 3.51. The van der Waals surface area contributed by atoms with Crippen LogP contribution in [-0.4, -0.2) is 33.2 Å². The van der Waals surface area contributed by atoms with Gasteiger partial charge in [0, 0.05) is 12.6 Å². The maximum atomic E-state index is 13.1. The molecular formula is C21H18N6O2. The summed E-state index contributed by atoms with van der Waals surface area (Å²) in [5.74, 6) is -1.09. The first-order valence-corrected chi connectivity index (χ1v) is 8.87. The van der Waals surface area contributed by atoms with E-state index in [1.165, 1.54) is 10.7 Å². The summed E-state index contributed by atoms with van der Waals surface area (Å²) in [6.45, 7) is 0. The standard InChI is InChI=1S/C21H18N6O2/c1-26(15-10-6-3-7-11-15)25-21(29)17-12-16(14-8-4-2-5-9-14)24-20-18(19(22)28)23-13-27(17)20/h2-13H,1H3,(H2,22,28)(H,25,29). The molecule has 0 spiro atoms. The number of carbonyl (C=O) groups excluding carboxylic acids is 2. The van der Waals surface area contributed by atoms with E-state index in [9.17, 15) is 9.59 Å². The molecular weight excluding hydrogens is 368 g/mol. The van der Waals surface area contributed by atoms with Crippen LogP contribution >= 0.6 is 0 Å². The number of hydrogen-bond donors (Lipinski definition) is 2. The van der Waals surface area contributed by atoms with Crippen LogP contribution in [0.1, 0.15) is 21.0 Å². The lowest BCUT2D eigenvalue weighted by atomic mass is 10.1. The minimum Gasteiger partial charge on any atom is -0.364 e. The number of para-hydroxylation sites is 1. The Hall–Kier alpha value is -4.20. The van der Waals surface area contributed by atoms with Gasteiger partial charge in [0.25, 0.3) is 11.8 Å². The maximum Gasteiger partial charge on any atom is 0.286 e. The van der Waals surface area contributed by atoms with E-state index < -0.39 is 5.91 Å². The minimum absolute atomic E-state index is 0.00763. The second-order valence-electron chi connectivity index (χ2n) is 6.38. The summed E-state index contributed by atoms with van der Waals surface area (Å²) in [5.41, 5.74) is 10.9. The van der Waals surface area contributed by atoms with Crippen LogP contribution in [0.5, 0.6) is 0 Å². The number of imidazole rings is 1. The minimum atomic E-state index is -0.710. The number of hydrogen-bond acceptors (Lipinski definition) is 5. The van der Waals surface area contributed by atoms with Gasteiger partial charge in [-0.2, -0.15) is 0 Å². The molecule has 29 heavy (non-hydrogen) atoms. The van der Waals surface area contributed by atoms with Crippen molar-refractivity contribution in [2.75, 3.05) is 12.1 Å². The number of rotatable bonds is 5. The van der Waals surface area contributed by atoms with Crippen LogP contribution in [0.3, 0.4) is 0 Å². The molecule has 0 unspecified atom stereocenters. The van der Waals surface area contributed by atoms with E-state index in [0.717, 1.165) is 11.3 Å². The zero-order chi connectivity index (χ0) is 20.4. The van der Waals surface area contributed by atoms with Crippen LogP contribution < -0.4 is 16.2 Å². The normalized spacial score (nSPS) is 10.7. The topological polar surface area (TPSA) is 106 Å². The van der Waals surface area contributed by atoms with E-state index in [4.69, 9.17) is 5.73 Å². The summed E-state index contributed by atoms with van der Waals surface area (Å²) in [6, 6.07) is 20.4. The largest absolute Gasteiger partial charge is 0.364 e. The highest BCUT2D eigenvalue weighted by Gasteiger charge is 2.20. The summed E-state index contributed by atoms with van der Waals surface area (Å²) >= 11 is 0. The first kappa shape index (κ1) is 18.2. The average Bonchev–Trinajstić information content (AvgIpc) is 3.18. The van der Waals surface area contributed by atoms with E-state index in [-0.39, 0.29) is 22.9 Å². The van der Waals surface area contributed by atoms with Crippen LogP contribution in [0.25, 0.3) is 16.9 Å². The lowest BCUT2D eigenvalue weighted by molar-refractivity contribution is 0.0943. The first-order chi connectivity index (χ1) is 14.0. The van der Waals surface area contributed by atoms with Crippen LogP contribution in [0, 0.1) is 0 Å². The highest BCUT2D eigenvalue weighted by Crippen LogP contribution is 2.21. The van der Waals surface area contributed by atoms with Crippen molar-refractivity contribution >= 4 is 23.1 Å². The maximum absolute atomic E-state index is 13.1. The van der Waals surface area contributed by atoms with E-state index >= 15 is 0 Å². The van der Waals surface area contributed by atoms with Crippen LogP contribution in [-0.2, 0) is 0 Å². The van der Waals surface area contributed by atoms with Crippen LogP contribution in [0.4, 0.5) is 5.69 Å². The van der Waals surface area contributed by atoms with Gasteiger partial charge >= 0.3 is 0 Å². The summed E-state index contributed by atoms with van der Waals surface area (Å²) in [4.78, 5) is 33.4. The number of primary amides is 1. The van der Waals surface area contributed by atoms with Crippen molar-refractivity contribution in [2.45, 2.75) is 0 Å². The Morgan fingerprint density at radius 1 is 1.03 bits per heavy atom. The molecule has 2 aromatic heterocycles. The molecule has 2 heterocycles. The fourth-order valence-corrected chi connectivity index (χ4v) is 3.00. The number of nitrogens with zero attached hydrogens (tertiary/aromatic N) is 4. The molecule has 0 fully saturated rings. The van der Waals surface area contributed by atoms with E-state index in [1.807, 2.05) is 60.7 Å². The van der Waals surface area contributed by atoms with Crippen molar-refractivity contribution < 1.29 is 9.59 Å². The number of amides is 2. The molecule has 0 aliphatic heterocycles. The fraction of sp³-hybridized carbons (Fsp3) is 0.0476. The van der Waals surface area contributed by atoms with Crippen molar-refractivity contribution in [1.82, 2.24) is 19.8 Å². The summed E-state index contributed by atoms with van der Waals surface area (Å²) in [6.07, 6.45) is 1.37. The zero-order valence-electron chi connectivity index (χ0n) is 15.6. The molecule has 0 saturated carbocycles. The first-order valence-electron chi connectivity index (χ1n) is 8.87. The van der Waals surface area contributed by atoms with Crippen LogP contribution in [0.15, 0.2) is 73.1 Å². The monoisotopic (exact) mass is 386 g/mol. The Bertz CT molecular complexity index is 1190. The predicted octanol–water partition coefficient (Wildman–Crippen LogP) is 2.28. The molecule has 8 heteroatoms. The molecule has 0 radical (unpaired) electrons. The molecule has 3 N–H and O–H groups in total. The van der Waals surface area contributed by atoms with Gasteiger partial charge in [0.15, 0.2) is 11.3 Å². The quantitative estimate of drug-likeness (QED) is 0.512. The molecule has 8 nitrogen and oxygen atoms in total.